The third-order valence-electron chi connectivity index (χ3n) is 3.21. The molecule has 0 heterocycles. The van der Waals surface area contributed by atoms with Gasteiger partial charge in [0.15, 0.2) is 18.2 Å². The summed E-state index contributed by atoms with van der Waals surface area (Å²) in [5.41, 5.74) is 0.609. The maximum atomic E-state index is 13.1. The SMILES string of the molecule is CNC(=O)C(NC(=O)COc1ccc(F)c(F)c1)c1ccccc1. The smallest absolute Gasteiger partial charge is 0.258 e. The molecule has 1 unspecified atom stereocenters. The zero-order chi connectivity index (χ0) is 17.5. The fourth-order valence-corrected chi connectivity index (χ4v) is 2.01. The van der Waals surface area contributed by atoms with Gasteiger partial charge in [0, 0.05) is 13.1 Å². The van der Waals surface area contributed by atoms with Gasteiger partial charge in [-0.25, -0.2) is 8.78 Å². The lowest BCUT2D eigenvalue weighted by Crippen LogP contribution is -2.40. The van der Waals surface area contributed by atoms with Gasteiger partial charge in [0.1, 0.15) is 11.8 Å². The van der Waals surface area contributed by atoms with Crippen LogP contribution in [0.2, 0.25) is 0 Å². The number of rotatable bonds is 6. The van der Waals surface area contributed by atoms with Crippen molar-refractivity contribution in [1.82, 2.24) is 10.6 Å². The van der Waals surface area contributed by atoms with Gasteiger partial charge in [0.25, 0.3) is 5.91 Å². The van der Waals surface area contributed by atoms with Crippen molar-refractivity contribution in [1.29, 1.82) is 0 Å². The molecule has 24 heavy (non-hydrogen) atoms. The van der Waals surface area contributed by atoms with Crippen molar-refractivity contribution in [3.05, 3.63) is 65.7 Å². The number of ether oxygens (including phenoxy) is 1. The van der Waals surface area contributed by atoms with Gasteiger partial charge in [-0.05, 0) is 17.7 Å². The van der Waals surface area contributed by atoms with Crippen LogP contribution in [0.5, 0.6) is 5.75 Å². The Morgan fingerprint density at radius 2 is 1.79 bits per heavy atom. The van der Waals surface area contributed by atoms with E-state index in [0.717, 1.165) is 12.1 Å². The Balaban J connectivity index is 2.00. The Morgan fingerprint density at radius 1 is 1.08 bits per heavy atom. The molecule has 0 bridgehead atoms. The molecule has 5 nitrogen and oxygen atoms in total. The highest BCUT2D eigenvalue weighted by molar-refractivity contribution is 5.88. The molecule has 0 fully saturated rings. The summed E-state index contributed by atoms with van der Waals surface area (Å²) >= 11 is 0. The molecule has 0 aliphatic heterocycles. The van der Waals surface area contributed by atoms with Gasteiger partial charge in [0.2, 0.25) is 5.91 Å². The highest BCUT2D eigenvalue weighted by Gasteiger charge is 2.21. The van der Waals surface area contributed by atoms with Gasteiger partial charge in [-0.15, -0.1) is 0 Å². The lowest BCUT2D eigenvalue weighted by molar-refractivity contribution is -0.129. The van der Waals surface area contributed by atoms with E-state index in [2.05, 4.69) is 10.6 Å². The van der Waals surface area contributed by atoms with Gasteiger partial charge in [-0.3, -0.25) is 9.59 Å². The van der Waals surface area contributed by atoms with E-state index in [4.69, 9.17) is 4.74 Å². The number of benzene rings is 2. The quantitative estimate of drug-likeness (QED) is 0.848. The second-order valence-electron chi connectivity index (χ2n) is 4.89. The molecule has 0 aromatic heterocycles. The summed E-state index contributed by atoms with van der Waals surface area (Å²) in [6.45, 7) is -0.439. The Morgan fingerprint density at radius 3 is 2.42 bits per heavy atom. The molecule has 7 heteroatoms. The highest BCUT2D eigenvalue weighted by atomic mass is 19.2. The molecule has 0 radical (unpaired) electrons. The molecule has 2 aromatic carbocycles. The van der Waals surface area contributed by atoms with E-state index in [1.807, 2.05) is 0 Å². The minimum Gasteiger partial charge on any atom is -0.484 e. The minimum atomic E-state index is -1.07. The van der Waals surface area contributed by atoms with E-state index in [1.54, 1.807) is 30.3 Å². The van der Waals surface area contributed by atoms with Crippen molar-refractivity contribution < 1.29 is 23.1 Å². The molecular formula is C17H16F2N2O3. The van der Waals surface area contributed by atoms with Gasteiger partial charge in [-0.2, -0.15) is 0 Å². The molecular weight excluding hydrogens is 318 g/mol. The summed E-state index contributed by atoms with van der Waals surface area (Å²) < 4.78 is 31.0. The highest BCUT2D eigenvalue weighted by Crippen LogP contribution is 2.16. The molecule has 0 aliphatic rings. The summed E-state index contributed by atoms with van der Waals surface area (Å²) in [7, 11) is 1.46. The second kappa shape index (κ2) is 8.05. The zero-order valence-electron chi connectivity index (χ0n) is 12.9. The number of carbonyl (C=O) groups is 2. The van der Waals surface area contributed by atoms with Crippen molar-refractivity contribution in [3.8, 4) is 5.75 Å². The van der Waals surface area contributed by atoms with Crippen LogP contribution < -0.4 is 15.4 Å². The van der Waals surface area contributed by atoms with Gasteiger partial charge >= 0.3 is 0 Å². The van der Waals surface area contributed by atoms with Gasteiger partial charge in [-0.1, -0.05) is 30.3 Å². The van der Waals surface area contributed by atoms with E-state index in [9.17, 15) is 18.4 Å². The molecule has 0 saturated heterocycles. The van der Waals surface area contributed by atoms with E-state index in [0.29, 0.717) is 5.56 Å². The molecule has 2 aromatic rings. The Labute approximate surface area is 137 Å². The Bertz CT molecular complexity index is 723. The van der Waals surface area contributed by atoms with Gasteiger partial charge < -0.3 is 15.4 Å². The van der Waals surface area contributed by atoms with Crippen LogP contribution in [0.4, 0.5) is 8.78 Å². The van der Waals surface area contributed by atoms with Crippen LogP contribution in [-0.2, 0) is 9.59 Å². The number of likely N-dealkylation sites (N-methyl/N-ethyl adjacent to an activating group) is 1. The average molecular weight is 334 g/mol. The van der Waals surface area contributed by atoms with E-state index < -0.39 is 30.2 Å². The van der Waals surface area contributed by atoms with Crippen molar-refractivity contribution in [2.75, 3.05) is 13.7 Å². The predicted octanol–water partition coefficient (Wildman–Crippen LogP) is 1.95. The molecule has 126 valence electrons. The number of hydrogen-bond acceptors (Lipinski definition) is 3. The lowest BCUT2D eigenvalue weighted by atomic mass is 10.1. The Hall–Kier alpha value is -2.96. The first-order valence-electron chi connectivity index (χ1n) is 7.15. The van der Waals surface area contributed by atoms with Crippen molar-refractivity contribution >= 4 is 11.8 Å². The lowest BCUT2D eigenvalue weighted by Gasteiger charge is -2.18. The zero-order valence-corrected chi connectivity index (χ0v) is 12.9. The standard InChI is InChI=1S/C17H16F2N2O3/c1-20-17(23)16(11-5-3-2-4-6-11)21-15(22)10-24-12-7-8-13(18)14(19)9-12/h2-9,16H,10H2,1H3,(H,20,23)(H,21,22). The topological polar surface area (TPSA) is 67.4 Å². The third-order valence-corrected chi connectivity index (χ3v) is 3.21. The molecule has 2 rings (SSSR count). The number of amides is 2. The summed E-state index contributed by atoms with van der Waals surface area (Å²) in [6, 6.07) is 10.8. The first kappa shape index (κ1) is 17.4. The van der Waals surface area contributed by atoms with Crippen molar-refractivity contribution in [2.45, 2.75) is 6.04 Å². The van der Waals surface area contributed by atoms with Crippen LogP contribution in [0.25, 0.3) is 0 Å². The fraction of sp³-hybridized carbons (Fsp3) is 0.176. The van der Waals surface area contributed by atoms with Gasteiger partial charge in [0.05, 0.1) is 0 Å². The first-order valence-corrected chi connectivity index (χ1v) is 7.15. The molecule has 1 atom stereocenters. The van der Waals surface area contributed by atoms with Crippen LogP contribution in [0.3, 0.4) is 0 Å². The van der Waals surface area contributed by atoms with Crippen LogP contribution in [0.1, 0.15) is 11.6 Å². The van der Waals surface area contributed by atoms with Crippen molar-refractivity contribution in [3.63, 3.8) is 0 Å². The van der Waals surface area contributed by atoms with Crippen LogP contribution in [0, 0.1) is 11.6 Å². The molecule has 2 amide bonds. The molecule has 0 saturated carbocycles. The summed E-state index contributed by atoms with van der Waals surface area (Å²) in [6.07, 6.45) is 0. The monoisotopic (exact) mass is 334 g/mol. The molecule has 2 N–H and O–H groups in total. The van der Waals surface area contributed by atoms with Crippen LogP contribution in [0.15, 0.2) is 48.5 Å². The number of nitrogens with one attached hydrogen (secondary N) is 2. The summed E-state index contributed by atoms with van der Waals surface area (Å²) in [5.74, 6) is -3.02. The maximum Gasteiger partial charge on any atom is 0.258 e. The fourth-order valence-electron chi connectivity index (χ4n) is 2.01. The van der Waals surface area contributed by atoms with E-state index in [1.165, 1.54) is 13.1 Å². The van der Waals surface area contributed by atoms with Crippen LogP contribution >= 0.6 is 0 Å². The second-order valence-corrected chi connectivity index (χ2v) is 4.89. The maximum absolute atomic E-state index is 13.1. The summed E-state index contributed by atoms with van der Waals surface area (Å²) in [4.78, 5) is 23.9. The number of hydrogen-bond donors (Lipinski definition) is 2. The number of carbonyl (C=O) groups excluding carboxylic acids is 2. The van der Waals surface area contributed by atoms with Crippen LogP contribution in [-0.4, -0.2) is 25.5 Å². The van der Waals surface area contributed by atoms with E-state index in [-0.39, 0.29) is 11.7 Å². The minimum absolute atomic E-state index is 0.0141. The average Bonchev–Trinajstić information content (AvgIpc) is 2.60. The molecule has 0 spiro atoms. The summed E-state index contributed by atoms with van der Waals surface area (Å²) in [5, 5.41) is 5.01. The largest absolute Gasteiger partial charge is 0.484 e. The predicted molar refractivity (Wildman–Crippen MR) is 83.2 cm³/mol. The molecule has 0 aliphatic carbocycles. The number of halogens is 2. The Kier molecular flexibility index (Phi) is 5.83. The normalized spacial score (nSPS) is 11.5. The third kappa shape index (κ3) is 4.52. The van der Waals surface area contributed by atoms with Crippen molar-refractivity contribution in [2.24, 2.45) is 0 Å². The first-order chi connectivity index (χ1) is 11.5. The van der Waals surface area contributed by atoms with E-state index >= 15 is 0 Å².